The number of benzene rings is 1. The average Bonchev–Trinajstić information content (AvgIpc) is 3.83. The molecule has 5 aliphatic rings. The van der Waals surface area contributed by atoms with Crippen molar-refractivity contribution in [1.29, 1.82) is 0 Å². The second kappa shape index (κ2) is 18.6. The van der Waals surface area contributed by atoms with Crippen molar-refractivity contribution < 1.29 is 62.3 Å². The smallest absolute Gasteiger partial charge is 0.348 e. The van der Waals surface area contributed by atoms with E-state index in [9.17, 15) is 29.1 Å². The van der Waals surface area contributed by atoms with Crippen LogP contribution in [-0.4, -0.2) is 107 Å². The average molecular weight is 841 g/mol. The highest BCUT2D eigenvalue weighted by molar-refractivity contribution is 5.94. The number of hydrogen-bond acceptors (Lipinski definition) is 14. The fourth-order valence-electron chi connectivity index (χ4n) is 9.17. The molecule has 2 bridgehead atoms. The van der Waals surface area contributed by atoms with E-state index in [1.807, 2.05) is 12.1 Å². The predicted molar refractivity (Wildman–Crippen MR) is 216 cm³/mol. The molecule has 0 radical (unpaired) electrons. The maximum absolute atomic E-state index is 15.0. The Labute approximate surface area is 353 Å². The van der Waals surface area contributed by atoms with Gasteiger partial charge in [-0.05, 0) is 57.2 Å². The van der Waals surface area contributed by atoms with Gasteiger partial charge < -0.3 is 38.8 Å². The van der Waals surface area contributed by atoms with Crippen LogP contribution in [-0.2, 0) is 63.8 Å². The molecule has 332 valence electrons. The van der Waals surface area contributed by atoms with Gasteiger partial charge in [0.15, 0.2) is 11.8 Å². The van der Waals surface area contributed by atoms with Crippen LogP contribution in [0.3, 0.4) is 0 Å². The van der Waals surface area contributed by atoms with Gasteiger partial charge in [-0.3, -0.25) is 19.2 Å². The number of ether oxygens (including phenoxy) is 6. The Hall–Kier alpha value is -3.89. The van der Waals surface area contributed by atoms with Crippen molar-refractivity contribution >= 4 is 35.9 Å². The number of carbonyl (C=O) groups is 5. The summed E-state index contributed by atoms with van der Waals surface area (Å²) in [5.41, 5.74) is -1.63. The number of cyclic esters (lactones) is 1. The third kappa shape index (κ3) is 9.75. The van der Waals surface area contributed by atoms with Gasteiger partial charge in [-0.15, -0.1) is 0 Å². The molecule has 6 rings (SSSR count). The maximum Gasteiger partial charge on any atom is 0.348 e. The molecule has 2 unspecified atom stereocenters. The van der Waals surface area contributed by atoms with Crippen molar-refractivity contribution in [1.82, 2.24) is 10.4 Å². The summed E-state index contributed by atoms with van der Waals surface area (Å²) in [5.74, 6) is -3.91. The van der Waals surface area contributed by atoms with Gasteiger partial charge in [0.1, 0.15) is 42.0 Å². The first kappa shape index (κ1) is 45.6. The number of nitrogens with one attached hydrogen (secondary N) is 1. The fraction of sp³-hybridized carbons (Fsp3) is 0.711. The lowest BCUT2D eigenvalue weighted by Gasteiger charge is -2.49. The summed E-state index contributed by atoms with van der Waals surface area (Å²) in [6, 6.07) is 5.16. The Balaban J connectivity index is 1.30. The van der Waals surface area contributed by atoms with E-state index < -0.39 is 101 Å². The van der Waals surface area contributed by atoms with Crippen molar-refractivity contribution in [3.8, 4) is 0 Å². The Bertz CT molecular complexity index is 1760. The summed E-state index contributed by atoms with van der Waals surface area (Å²) in [4.78, 5) is 73.9. The van der Waals surface area contributed by atoms with Crippen molar-refractivity contribution in [3.63, 3.8) is 0 Å². The van der Waals surface area contributed by atoms with Gasteiger partial charge in [0, 0.05) is 37.2 Å². The molecule has 1 aliphatic carbocycles. The number of aliphatic hydroxyl groups excluding tert-OH is 1. The summed E-state index contributed by atoms with van der Waals surface area (Å²) in [7, 11) is 0. The van der Waals surface area contributed by atoms with E-state index in [2.05, 4.69) is 19.2 Å². The number of aliphatic hydroxyl groups is 1. The number of amides is 1. The van der Waals surface area contributed by atoms with Crippen LogP contribution in [0.2, 0.25) is 0 Å². The first-order valence-corrected chi connectivity index (χ1v) is 21.7. The fourth-order valence-corrected chi connectivity index (χ4v) is 9.17. The molecule has 1 aromatic rings. The lowest BCUT2D eigenvalue weighted by Crippen LogP contribution is -2.70. The third-order valence-electron chi connectivity index (χ3n) is 12.2. The minimum Gasteiger partial charge on any atom is -0.462 e. The molecular formula is C45H64N2O13. The van der Waals surface area contributed by atoms with E-state index in [-0.39, 0.29) is 32.4 Å². The van der Waals surface area contributed by atoms with Crippen LogP contribution in [0.15, 0.2) is 30.3 Å². The minimum absolute atomic E-state index is 0.00592. The molecule has 8 atom stereocenters. The largest absolute Gasteiger partial charge is 0.462 e. The Kier molecular flexibility index (Phi) is 14.2. The van der Waals surface area contributed by atoms with Crippen LogP contribution in [0.25, 0.3) is 6.08 Å². The van der Waals surface area contributed by atoms with Gasteiger partial charge >= 0.3 is 23.9 Å². The van der Waals surface area contributed by atoms with Crippen LogP contribution >= 0.6 is 0 Å². The lowest BCUT2D eigenvalue weighted by molar-refractivity contribution is -0.224. The number of rotatable bonds is 19. The van der Waals surface area contributed by atoms with Crippen molar-refractivity contribution in [2.24, 2.45) is 10.8 Å². The zero-order valence-corrected chi connectivity index (χ0v) is 36.2. The monoisotopic (exact) mass is 840 g/mol. The van der Waals surface area contributed by atoms with Gasteiger partial charge in [-0.1, -0.05) is 77.6 Å². The first-order valence-electron chi connectivity index (χ1n) is 21.7. The second-order valence-corrected chi connectivity index (χ2v) is 18.6. The molecule has 0 aromatic heterocycles. The molecule has 2 N–H and O–H groups in total. The summed E-state index contributed by atoms with van der Waals surface area (Å²) in [6.07, 6.45) is 5.65. The van der Waals surface area contributed by atoms with E-state index in [0.717, 1.165) is 38.5 Å². The van der Waals surface area contributed by atoms with E-state index in [0.29, 0.717) is 24.0 Å². The Morgan fingerprint density at radius 1 is 1.00 bits per heavy atom. The Morgan fingerprint density at radius 2 is 1.68 bits per heavy atom. The zero-order chi connectivity index (χ0) is 43.5. The molecule has 0 spiro atoms. The number of carbonyl (C=O) groups excluding carboxylic acids is 5. The molecule has 4 heterocycles. The molecule has 1 saturated carbocycles. The van der Waals surface area contributed by atoms with Crippen LogP contribution in [0.1, 0.15) is 130 Å². The molecule has 4 aliphatic heterocycles. The number of nitrogens with zero attached hydrogens (tertiary/aromatic N) is 1. The van der Waals surface area contributed by atoms with E-state index in [4.69, 9.17) is 33.3 Å². The van der Waals surface area contributed by atoms with Crippen LogP contribution in [0.4, 0.5) is 0 Å². The molecule has 5 fully saturated rings. The number of hydrogen-bond donors (Lipinski definition) is 2. The number of hydroxylamine groups is 2. The van der Waals surface area contributed by atoms with Gasteiger partial charge in [-0.25, -0.2) is 9.59 Å². The number of esters is 4. The molecule has 60 heavy (non-hydrogen) atoms. The van der Waals surface area contributed by atoms with Crippen molar-refractivity contribution in [2.75, 3.05) is 13.2 Å². The Morgan fingerprint density at radius 3 is 2.32 bits per heavy atom. The van der Waals surface area contributed by atoms with E-state index >= 15 is 0 Å². The van der Waals surface area contributed by atoms with Crippen molar-refractivity contribution in [3.05, 3.63) is 41.5 Å². The zero-order valence-electron chi connectivity index (χ0n) is 36.2. The van der Waals surface area contributed by atoms with Crippen molar-refractivity contribution in [2.45, 2.75) is 180 Å². The van der Waals surface area contributed by atoms with E-state index in [1.54, 1.807) is 52.8 Å². The third-order valence-corrected chi connectivity index (χ3v) is 12.2. The molecule has 4 saturated heterocycles. The van der Waals surface area contributed by atoms with Gasteiger partial charge in [0.25, 0.3) is 0 Å². The SMILES string of the molecule is CCCCCC1(CCCCC)O[C@@H]2[C@H]3ON(Cc4ccccc4C=CC(=O)O[C@H]4C(=O)OCC4(C)C)[C@H]4C(=O)OC(CC34C(=O)N[C@H](CO)CCC(=O)OC(C)(C)C)[C@@H]2O1. The quantitative estimate of drug-likeness (QED) is 0.0798. The molecule has 1 amide bonds. The summed E-state index contributed by atoms with van der Waals surface area (Å²) >= 11 is 0. The summed E-state index contributed by atoms with van der Waals surface area (Å²) in [5, 5.41) is 14.9. The highest BCUT2D eigenvalue weighted by Crippen LogP contribution is 2.58. The second-order valence-electron chi connectivity index (χ2n) is 18.6. The van der Waals surface area contributed by atoms with Crippen LogP contribution in [0, 0.1) is 10.8 Å². The molecular weight excluding hydrogens is 776 g/mol. The van der Waals surface area contributed by atoms with Crippen LogP contribution in [0.5, 0.6) is 0 Å². The lowest BCUT2D eigenvalue weighted by atomic mass is 9.62. The topological polar surface area (TPSA) is 185 Å². The summed E-state index contributed by atoms with van der Waals surface area (Å²) in [6.45, 7) is 12.8. The predicted octanol–water partition coefficient (Wildman–Crippen LogP) is 5.23. The number of fused-ring (bicyclic) bond motifs is 4. The minimum atomic E-state index is -1.52. The molecule has 15 nitrogen and oxygen atoms in total. The summed E-state index contributed by atoms with van der Waals surface area (Å²) < 4.78 is 36.1. The van der Waals surface area contributed by atoms with Crippen LogP contribution < -0.4 is 5.32 Å². The first-order chi connectivity index (χ1) is 28.5. The normalized spacial score (nSPS) is 29.5. The molecule has 1 aromatic carbocycles. The highest BCUT2D eigenvalue weighted by atomic mass is 16.8. The van der Waals surface area contributed by atoms with Gasteiger partial charge in [0.05, 0.1) is 19.2 Å². The van der Waals surface area contributed by atoms with Gasteiger partial charge in [-0.2, -0.15) is 5.06 Å². The highest BCUT2D eigenvalue weighted by Gasteiger charge is 2.76. The van der Waals surface area contributed by atoms with E-state index in [1.165, 1.54) is 11.1 Å². The number of unbranched alkanes of at least 4 members (excludes halogenated alkanes) is 4. The van der Waals surface area contributed by atoms with Gasteiger partial charge in [0.2, 0.25) is 12.0 Å². The standard InChI is InChI=1S/C45H64N2O13/c1-8-10-14-22-44(23-15-11-9-2)58-34-31-24-45(41(53)46-30(26-48)19-21-33(50)57-42(3,4)5)36(39(51)55-31)47(60-37(45)35(34)59-44)25-29-17-13-12-16-28(29)18-20-32(49)56-38-40(52)54-27-43(38,6)7/h12-13,16-18,20,30-31,34-38,48H,8-11,14-15,19,21-27H2,1-7H3,(H,46,53)/t30-,31?,34-,35-,36-,37+,38-,45?/m0/s1. The maximum atomic E-state index is 15.0. The molecule has 15 heteroatoms.